The molecule has 2 heterocycles. The Bertz CT molecular complexity index is 660. The van der Waals surface area contributed by atoms with Crippen molar-refractivity contribution in [3.05, 3.63) is 35.9 Å². The highest BCUT2D eigenvalue weighted by atomic mass is 32.2. The minimum absolute atomic E-state index is 0.0262. The first-order chi connectivity index (χ1) is 11.0. The molecule has 5 nitrogen and oxygen atoms in total. The molecule has 6 heteroatoms. The Hall–Kier alpha value is -1.40. The van der Waals surface area contributed by atoms with Crippen molar-refractivity contribution in [3.8, 4) is 0 Å². The number of carbonyl (C=O) groups is 1. The van der Waals surface area contributed by atoms with E-state index in [-0.39, 0.29) is 29.5 Å². The Kier molecular flexibility index (Phi) is 4.73. The third kappa shape index (κ3) is 3.75. The van der Waals surface area contributed by atoms with Crippen LogP contribution in [0.25, 0.3) is 0 Å². The lowest BCUT2D eigenvalue weighted by molar-refractivity contribution is -0.133. The molecule has 23 heavy (non-hydrogen) atoms. The maximum Gasteiger partial charge on any atom is 0.237 e. The third-order valence-electron chi connectivity index (χ3n) is 4.97. The van der Waals surface area contributed by atoms with Crippen LogP contribution in [0.5, 0.6) is 0 Å². The van der Waals surface area contributed by atoms with Crippen molar-refractivity contribution in [1.82, 2.24) is 9.80 Å². The Labute approximate surface area is 138 Å². The third-order valence-corrected chi connectivity index (χ3v) is 6.72. The number of benzene rings is 1. The number of sulfone groups is 1. The fraction of sp³-hybridized carbons (Fsp3) is 0.588. The highest BCUT2D eigenvalue weighted by Gasteiger charge is 2.34. The van der Waals surface area contributed by atoms with Gasteiger partial charge in [-0.05, 0) is 31.9 Å². The zero-order valence-corrected chi connectivity index (χ0v) is 14.3. The quantitative estimate of drug-likeness (QED) is 0.835. The summed E-state index contributed by atoms with van der Waals surface area (Å²) in [5.41, 5.74) is 1.18. The first kappa shape index (κ1) is 16.5. The summed E-state index contributed by atoms with van der Waals surface area (Å²) in [7, 11) is -1.06. The molecule has 2 aliphatic rings. The van der Waals surface area contributed by atoms with Crippen LogP contribution in [-0.2, 0) is 14.6 Å². The van der Waals surface area contributed by atoms with Crippen molar-refractivity contribution < 1.29 is 13.2 Å². The van der Waals surface area contributed by atoms with E-state index >= 15 is 0 Å². The lowest BCUT2D eigenvalue weighted by atomic mass is 10.0. The van der Waals surface area contributed by atoms with E-state index in [1.165, 1.54) is 5.56 Å². The van der Waals surface area contributed by atoms with Crippen LogP contribution < -0.4 is 0 Å². The summed E-state index contributed by atoms with van der Waals surface area (Å²) in [6.07, 6.45) is 2.65. The second kappa shape index (κ2) is 6.61. The van der Waals surface area contributed by atoms with Crippen LogP contribution in [0.15, 0.2) is 30.3 Å². The summed E-state index contributed by atoms with van der Waals surface area (Å²) in [4.78, 5) is 16.6. The maximum atomic E-state index is 12.7. The van der Waals surface area contributed by atoms with Crippen molar-refractivity contribution >= 4 is 15.7 Å². The molecule has 0 spiro atoms. The van der Waals surface area contributed by atoms with Crippen LogP contribution in [-0.4, -0.2) is 61.8 Å². The molecule has 0 N–H and O–H groups in total. The average molecular weight is 336 g/mol. The Morgan fingerprint density at radius 3 is 2.65 bits per heavy atom. The maximum absolute atomic E-state index is 12.7. The molecule has 1 aromatic carbocycles. The van der Waals surface area contributed by atoms with E-state index in [0.717, 1.165) is 19.4 Å². The summed E-state index contributed by atoms with van der Waals surface area (Å²) in [5.74, 6) is 0.522. The largest absolute Gasteiger partial charge is 0.335 e. The smallest absolute Gasteiger partial charge is 0.237 e. The second-order valence-electron chi connectivity index (χ2n) is 6.63. The second-order valence-corrected chi connectivity index (χ2v) is 8.86. The molecule has 0 bridgehead atoms. The number of nitrogens with zero attached hydrogens (tertiary/aromatic N) is 2. The van der Waals surface area contributed by atoms with Crippen LogP contribution in [0.1, 0.15) is 30.9 Å². The van der Waals surface area contributed by atoms with Gasteiger partial charge in [0.2, 0.25) is 5.91 Å². The summed E-state index contributed by atoms with van der Waals surface area (Å²) in [6, 6.07) is 10.3. The zero-order chi connectivity index (χ0) is 16.4. The van der Waals surface area contributed by atoms with Gasteiger partial charge in [0.15, 0.2) is 9.84 Å². The molecule has 3 rings (SSSR count). The van der Waals surface area contributed by atoms with E-state index in [2.05, 4.69) is 12.1 Å². The lowest BCUT2D eigenvalue weighted by Gasteiger charge is -2.29. The first-order valence-electron chi connectivity index (χ1n) is 8.21. The fourth-order valence-electron chi connectivity index (χ4n) is 3.64. The molecule has 2 saturated heterocycles. The normalized spacial score (nSPS) is 26.8. The van der Waals surface area contributed by atoms with Gasteiger partial charge in [0.05, 0.1) is 24.1 Å². The summed E-state index contributed by atoms with van der Waals surface area (Å²) in [5, 5.41) is 0. The molecule has 2 unspecified atom stereocenters. The molecule has 0 aromatic heterocycles. The van der Waals surface area contributed by atoms with Crippen molar-refractivity contribution in [2.45, 2.75) is 31.3 Å². The molecule has 1 amide bonds. The van der Waals surface area contributed by atoms with Gasteiger partial charge < -0.3 is 4.90 Å². The van der Waals surface area contributed by atoms with Crippen molar-refractivity contribution in [3.63, 3.8) is 0 Å². The van der Waals surface area contributed by atoms with Gasteiger partial charge in [-0.15, -0.1) is 0 Å². The topological polar surface area (TPSA) is 57.7 Å². The van der Waals surface area contributed by atoms with Gasteiger partial charge in [-0.3, -0.25) is 9.69 Å². The molecule has 2 fully saturated rings. The molecular formula is C17H24N2O3S. The molecular weight excluding hydrogens is 312 g/mol. The molecule has 0 saturated carbocycles. The first-order valence-corrected chi connectivity index (χ1v) is 10.0. The van der Waals surface area contributed by atoms with Gasteiger partial charge in [-0.2, -0.15) is 0 Å². The van der Waals surface area contributed by atoms with Crippen LogP contribution >= 0.6 is 0 Å². The van der Waals surface area contributed by atoms with E-state index in [1.807, 2.05) is 35.0 Å². The number of hydrogen-bond donors (Lipinski definition) is 0. The zero-order valence-electron chi connectivity index (χ0n) is 13.5. The Morgan fingerprint density at radius 1 is 1.26 bits per heavy atom. The van der Waals surface area contributed by atoms with E-state index < -0.39 is 9.84 Å². The number of carbonyl (C=O) groups excluding carboxylic acids is 1. The van der Waals surface area contributed by atoms with E-state index in [9.17, 15) is 13.2 Å². The number of likely N-dealkylation sites (tertiary alicyclic amines) is 1. The van der Waals surface area contributed by atoms with E-state index in [4.69, 9.17) is 0 Å². The monoisotopic (exact) mass is 336 g/mol. The highest BCUT2D eigenvalue weighted by molar-refractivity contribution is 7.91. The van der Waals surface area contributed by atoms with Crippen molar-refractivity contribution in [2.24, 2.45) is 0 Å². The van der Waals surface area contributed by atoms with Gasteiger partial charge in [-0.1, -0.05) is 30.3 Å². The molecule has 0 aliphatic carbocycles. The van der Waals surface area contributed by atoms with Crippen LogP contribution in [0, 0.1) is 0 Å². The summed E-state index contributed by atoms with van der Waals surface area (Å²) < 4.78 is 23.2. The molecule has 0 radical (unpaired) electrons. The number of likely N-dealkylation sites (N-methyl/N-ethyl adjacent to an activating group) is 1. The number of hydrogen-bond acceptors (Lipinski definition) is 4. The molecule has 1 aromatic rings. The lowest BCUT2D eigenvalue weighted by Crippen LogP contribution is -2.43. The fourth-order valence-corrected chi connectivity index (χ4v) is 5.45. The molecule has 2 aliphatic heterocycles. The Morgan fingerprint density at radius 2 is 2.00 bits per heavy atom. The highest BCUT2D eigenvalue weighted by Crippen LogP contribution is 2.32. The SMILES string of the molecule is CN(CC(=O)N1CCCC1c1ccccc1)C1CCS(=O)(=O)C1. The predicted octanol–water partition coefficient (Wildman–Crippen LogP) is 1.47. The Balaban J connectivity index is 1.63. The van der Waals surface area contributed by atoms with Gasteiger partial charge in [-0.25, -0.2) is 8.42 Å². The summed E-state index contributed by atoms with van der Waals surface area (Å²) in [6.45, 7) is 1.08. The van der Waals surface area contributed by atoms with Crippen LogP contribution in [0.2, 0.25) is 0 Å². The summed E-state index contributed by atoms with van der Waals surface area (Å²) >= 11 is 0. The number of amides is 1. The van der Waals surface area contributed by atoms with E-state index in [0.29, 0.717) is 13.0 Å². The van der Waals surface area contributed by atoms with E-state index in [1.54, 1.807) is 0 Å². The predicted molar refractivity (Wildman–Crippen MR) is 89.8 cm³/mol. The average Bonchev–Trinajstić information content (AvgIpc) is 3.14. The minimum Gasteiger partial charge on any atom is -0.335 e. The van der Waals surface area contributed by atoms with Crippen LogP contribution in [0.3, 0.4) is 0 Å². The van der Waals surface area contributed by atoms with Gasteiger partial charge in [0, 0.05) is 12.6 Å². The number of rotatable bonds is 4. The standard InChI is InChI=1S/C17H24N2O3S/c1-18(15-9-11-23(21,22)13-15)12-17(20)19-10-5-8-16(19)14-6-3-2-4-7-14/h2-4,6-7,15-16H,5,8-13H2,1H3. The van der Waals surface area contributed by atoms with Gasteiger partial charge >= 0.3 is 0 Å². The minimum atomic E-state index is -2.92. The van der Waals surface area contributed by atoms with Crippen LogP contribution in [0.4, 0.5) is 0 Å². The van der Waals surface area contributed by atoms with Gasteiger partial charge in [0.1, 0.15) is 0 Å². The van der Waals surface area contributed by atoms with Crippen molar-refractivity contribution in [2.75, 3.05) is 31.6 Å². The van der Waals surface area contributed by atoms with Gasteiger partial charge in [0.25, 0.3) is 0 Å². The molecule has 2 atom stereocenters. The molecule has 126 valence electrons. The van der Waals surface area contributed by atoms with Crippen molar-refractivity contribution in [1.29, 1.82) is 0 Å².